The molecule has 8 nitrogen and oxygen atoms in total. The van der Waals surface area contributed by atoms with Crippen LogP contribution in [0.4, 0.5) is 4.39 Å². The minimum absolute atomic E-state index is 0.366. The molecule has 6 rings (SSSR count). The number of nitrogens with zero attached hydrogens (tertiary/aromatic N) is 5. The van der Waals surface area contributed by atoms with Gasteiger partial charge in [-0.1, -0.05) is 0 Å². The number of aromatic nitrogens is 6. The summed E-state index contributed by atoms with van der Waals surface area (Å²) in [4.78, 5) is 19.3. The number of benzene rings is 1. The molecule has 0 aliphatic heterocycles. The molecule has 0 spiro atoms. The number of hydrogen-bond donors (Lipinski definition) is 2. The highest BCUT2D eigenvalue weighted by molar-refractivity contribution is 5.99. The van der Waals surface area contributed by atoms with E-state index in [1.807, 2.05) is 50.8 Å². The molecule has 0 radical (unpaired) electrons. The first-order chi connectivity index (χ1) is 18.0. The van der Waals surface area contributed by atoms with Gasteiger partial charge in [-0.2, -0.15) is 5.10 Å². The van der Waals surface area contributed by atoms with Crippen molar-refractivity contribution in [1.29, 1.82) is 0 Å². The maximum absolute atomic E-state index is 14.2. The standard InChI is InChI=1S/C28H24FN7O/c1-36(2)15-16-8-18(14-30-13-16)23-4-5-24-26(32-23)27(35-34-24)25-12-22-21(6-7-31-28(22)33-25)17-9-19(29)11-20(10-17)37-3/h4-14H,15H2,1-3H3,(H,31,33)(H,34,35). The minimum atomic E-state index is -0.366. The molecule has 37 heavy (non-hydrogen) atoms. The number of methoxy groups -OCH3 is 1. The Morgan fingerprint density at radius 1 is 1.00 bits per heavy atom. The Balaban J connectivity index is 1.45. The van der Waals surface area contributed by atoms with Crippen LogP contribution >= 0.6 is 0 Å². The van der Waals surface area contributed by atoms with E-state index in [9.17, 15) is 4.39 Å². The van der Waals surface area contributed by atoms with Crippen molar-refractivity contribution in [1.82, 2.24) is 35.0 Å². The first-order valence-corrected chi connectivity index (χ1v) is 11.8. The molecule has 184 valence electrons. The quantitative estimate of drug-likeness (QED) is 0.321. The smallest absolute Gasteiger partial charge is 0.138 e. The van der Waals surface area contributed by atoms with Crippen LogP contribution in [0.3, 0.4) is 0 Å². The van der Waals surface area contributed by atoms with Crippen molar-refractivity contribution in [3.63, 3.8) is 0 Å². The van der Waals surface area contributed by atoms with Gasteiger partial charge in [-0.25, -0.2) is 14.4 Å². The summed E-state index contributed by atoms with van der Waals surface area (Å²) in [7, 11) is 5.58. The number of halogens is 1. The fourth-order valence-electron chi connectivity index (χ4n) is 4.57. The number of H-pyrrole nitrogens is 2. The topological polar surface area (TPSA) is 95.6 Å². The van der Waals surface area contributed by atoms with E-state index in [4.69, 9.17) is 9.72 Å². The van der Waals surface area contributed by atoms with Gasteiger partial charge in [0.2, 0.25) is 0 Å². The van der Waals surface area contributed by atoms with Crippen molar-refractivity contribution < 1.29 is 9.13 Å². The predicted molar refractivity (Wildman–Crippen MR) is 142 cm³/mol. The lowest BCUT2D eigenvalue weighted by Crippen LogP contribution is -2.10. The molecular formula is C28H24FN7O. The fourth-order valence-corrected chi connectivity index (χ4v) is 4.57. The van der Waals surface area contributed by atoms with Crippen LogP contribution in [0.25, 0.3) is 55.8 Å². The first kappa shape index (κ1) is 22.8. The van der Waals surface area contributed by atoms with Crippen molar-refractivity contribution in [2.24, 2.45) is 0 Å². The second-order valence-corrected chi connectivity index (χ2v) is 9.17. The van der Waals surface area contributed by atoms with Crippen LogP contribution in [0.1, 0.15) is 5.56 Å². The van der Waals surface area contributed by atoms with Gasteiger partial charge >= 0.3 is 0 Å². The number of ether oxygens (including phenoxy) is 1. The molecule has 0 fully saturated rings. The largest absolute Gasteiger partial charge is 0.497 e. The van der Waals surface area contributed by atoms with Gasteiger partial charge in [-0.05, 0) is 73.3 Å². The number of nitrogens with one attached hydrogen (secondary N) is 2. The molecule has 5 aromatic heterocycles. The second kappa shape index (κ2) is 9.11. The van der Waals surface area contributed by atoms with Gasteiger partial charge in [0.05, 0.1) is 24.0 Å². The molecule has 1 aromatic carbocycles. The molecule has 0 unspecified atom stereocenters. The summed E-state index contributed by atoms with van der Waals surface area (Å²) in [6, 6.07) is 14.5. The number of pyridine rings is 3. The molecule has 0 amide bonds. The van der Waals surface area contributed by atoms with Crippen molar-refractivity contribution >= 4 is 22.1 Å². The zero-order valence-electron chi connectivity index (χ0n) is 20.6. The van der Waals surface area contributed by atoms with Gasteiger partial charge in [0.15, 0.2) is 0 Å². The van der Waals surface area contributed by atoms with E-state index >= 15 is 0 Å². The monoisotopic (exact) mass is 493 g/mol. The van der Waals surface area contributed by atoms with Crippen LogP contribution in [-0.4, -0.2) is 56.2 Å². The summed E-state index contributed by atoms with van der Waals surface area (Å²) >= 11 is 0. The number of aromatic amines is 2. The normalized spacial score (nSPS) is 11.6. The highest BCUT2D eigenvalue weighted by Crippen LogP contribution is 2.35. The Morgan fingerprint density at radius 3 is 2.73 bits per heavy atom. The third-order valence-electron chi connectivity index (χ3n) is 6.20. The maximum Gasteiger partial charge on any atom is 0.138 e. The number of hydrogen-bond acceptors (Lipinski definition) is 6. The van der Waals surface area contributed by atoms with Crippen molar-refractivity contribution in [2.75, 3.05) is 21.2 Å². The van der Waals surface area contributed by atoms with Gasteiger partial charge in [0.1, 0.15) is 28.4 Å². The maximum atomic E-state index is 14.2. The minimum Gasteiger partial charge on any atom is -0.497 e. The molecule has 0 aliphatic rings. The van der Waals surface area contributed by atoms with E-state index in [1.54, 1.807) is 12.3 Å². The van der Waals surface area contributed by atoms with Crippen LogP contribution in [0.5, 0.6) is 5.75 Å². The summed E-state index contributed by atoms with van der Waals surface area (Å²) in [6.07, 6.45) is 5.39. The van der Waals surface area contributed by atoms with E-state index in [0.717, 1.165) is 51.0 Å². The van der Waals surface area contributed by atoms with Gasteiger partial charge < -0.3 is 14.6 Å². The lowest BCUT2D eigenvalue weighted by atomic mass is 10.0. The molecule has 5 heterocycles. The van der Waals surface area contributed by atoms with Crippen molar-refractivity contribution in [3.8, 4) is 39.5 Å². The highest BCUT2D eigenvalue weighted by atomic mass is 19.1. The molecule has 0 saturated heterocycles. The van der Waals surface area contributed by atoms with Crippen LogP contribution < -0.4 is 4.74 Å². The number of rotatable bonds is 6. The predicted octanol–water partition coefficient (Wildman–Crippen LogP) is 5.44. The highest BCUT2D eigenvalue weighted by Gasteiger charge is 2.17. The van der Waals surface area contributed by atoms with Crippen molar-refractivity contribution in [2.45, 2.75) is 6.54 Å². The van der Waals surface area contributed by atoms with Gasteiger partial charge in [0.25, 0.3) is 0 Å². The average Bonchev–Trinajstić information content (AvgIpc) is 3.51. The zero-order chi connectivity index (χ0) is 25.5. The first-order valence-electron chi connectivity index (χ1n) is 11.8. The van der Waals surface area contributed by atoms with Crippen LogP contribution in [0.15, 0.2) is 67.1 Å². The molecule has 9 heteroatoms. The molecule has 0 aliphatic carbocycles. The molecule has 6 aromatic rings. The Hall–Kier alpha value is -4.63. The lowest BCUT2D eigenvalue weighted by Gasteiger charge is -2.10. The zero-order valence-corrected chi connectivity index (χ0v) is 20.6. The van der Waals surface area contributed by atoms with E-state index in [-0.39, 0.29) is 5.82 Å². The van der Waals surface area contributed by atoms with Crippen LogP contribution in [0.2, 0.25) is 0 Å². The fraction of sp³-hybridized carbons (Fsp3) is 0.143. The molecule has 0 bridgehead atoms. The summed E-state index contributed by atoms with van der Waals surface area (Å²) in [6.45, 7) is 0.793. The number of fused-ring (bicyclic) bond motifs is 2. The summed E-state index contributed by atoms with van der Waals surface area (Å²) in [5.41, 5.74) is 8.05. The lowest BCUT2D eigenvalue weighted by molar-refractivity contribution is 0.402. The second-order valence-electron chi connectivity index (χ2n) is 9.17. The molecule has 0 saturated carbocycles. The summed E-state index contributed by atoms with van der Waals surface area (Å²) in [5.74, 6) is 0.0872. The third-order valence-corrected chi connectivity index (χ3v) is 6.20. The van der Waals surface area contributed by atoms with Gasteiger partial charge in [0, 0.05) is 42.2 Å². The SMILES string of the molecule is COc1cc(F)cc(-c2ccnc3[nH]c(-c4n[nH]c5ccc(-c6cncc(CN(C)C)c6)nc45)cc23)c1. The molecular weight excluding hydrogens is 469 g/mol. The third kappa shape index (κ3) is 4.30. The van der Waals surface area contributed by atoms with E-state index in [2.05, 4.69) is 36.1 Å². The molecule has 2 N–H and O–H groups in total. The summed E-state index contributed by atoms with van der Waals surface area (Å²) in [5, 5.41) is 8.47. The summed E-state index contributed by atoms with van der Waals surface area (Å²) < 4.78 is 19.5. The van der Waals surface area contributed by atoms with Crippen molar-refractivity contribution in [3.05, 3.63) is 78.5 Å². The Kier molecular flexibility index (Phi) is 5.61. The van der Waals surface area contributed by atoms with E-state index < -0.39 is 0 Å². The van der Waals surface area contributed by atoms with Crippen LogP contribution in [-0.2, 0) is 6.54 Å². The average molecular weight is 494 g/mol. The van der Waals surface area contributed by atoms with E-state index in [1.165, 1.54) is 19.2 Å². The molecule has 0 atom stereocenters. The van der Waals surface area contributed by atoms with Gasteiger partial charge in [-0.3, -0.25) is 10.1 Å². The Bertz CT molecular complexity index is 1760. The van der Waals surface area contributed by atoms with Gasteiger partial charge in [-0.15, -0.1) is 0 Å². The van der Waals surface area contributed by atoms with E-state index in [0.29, 0.717) is 22.7 Å². The van der Waals surface area contributed by atoms with Crippen LogP contribution in [0, 0.1) is 5.82 Å². The Morgan fingerprint density at radius 2 is 1.89 bits per heavy atom. The Labute approximate surface area is 212 Å².